The summed E-state index contributed by atoms with van der Waals surface area (Å²) >= 11 is 0. The second-order valence-electron chi connectivity index (χ2n) is 5.69. The summed E-state index contributed by atoms with van der Waals surface area (Å²) in [5, 5.41) is 5.71. The molecule has 1 aliphatic rings. The normalized spacial score (nSPS) is 13.5. The molecule has 1 aromatic carbocycles. The van der Waals surface area contributed by atoms with E-state index in [2.05, 4.69) is 27.7 Å². The molecule has 142 valence electrons. The molecule has 1 fully saturated rings. The van der Waals surface area contributed by atoms with Crippen molar-refractivity contribution in [3.05, 3.63) is 30.3 Å². The van der Waals surface area contributed by atoms with Gasteiger partial charge >= 0.3 is 0 Å². The van der Waals surface area contributed by atoms with Crippen LogP contribution in [-0.4, -0.2) is 63.0 Å². The molecular formula is C17H28Cl2N4O2. The SMILES string of the molecule is CNCCCC(=O)NCC(=O)N1CCN(c2ccccc2)CC1.Cl.Cl. The lowest BCUT2D eigenvalue weighted by Crippen LogP contribution is -2.51. The fourth-order valence-electron chi connectivity index (χ4n) is 2.65. The van der Waals surface area contributed by atoms with Crippen molar-refractivity contribution in [3.63, 3.8) is 0 Å². The van der Waals surface area contributed by atoms with Crippen molar-refractivity contribution in [2.45, 2.75) is 12.8 Å². The van der Waals surface area contributed by atoms with Gasteiger partial charge in [-0.2, -0.15) is 0 Å². The molecule has 6 nitrogen and oxygen atoms in total. The van der Waals surface area contributed by atoms with Gasteiger partial charge in [-0.15, -0.1) is 24.8 Å². The maximum atomic E-state index is 12.2. The number of carbonyl (C=O) groups excluding carboxylic acids is 2. The van der Waals surface area contributed by atoms with Crippen molar-refractivity contribution < 1.29 is 9.59 Å². The molecule has 2 amide bonds. The number of carbonyl (C=O) groups is 2. The molecule has 1 aliphatic heterocycles. The van der Waals surface area contributed by atoms with Gasteiger partial charge in [0, 0.05) is 38.3 Å². The summed E-state index contributed by atoms with van der Waals surface area (Å²) in [6, 6.07) is 10.2. The van der Waals surface area contributed by atoms with Crippen LogP contribution in [0.5, 0.6) is 0 Å². The molecule has 0 bridgehead atoms. The first-order valence-electron chi connectivity index (χ1n) is 8.20. The lowest BCUT2D eigenvalue weighted by Gasteiger charge is -2.36. The van der Waals surface area contributed by atoms with Crippen LogP contribution in [0.25, 0.3) is 0 Å². The van der Waals surface area contributed by atoms with E-state index in [1.165, 1.54) is 5.69 Å². The van der Waals surface area contributed by atoms with Gasteiger partial charge in [-0.05, 0) is 32.1 Å². The van der Waals surface area contributed by atoms with E-state index in [0.717, 1.165) is 26.1 Å². The summed E-state index contributed by atoms with van der Waals surface area (Å²) < 4.78 is 0. The molecule has 1 aromatic rings. The Morgan fingerprint density at radius 1 is 1.04 bits per heavy atom. The van der Waals surface area contributed by atoms with Gasteiger partial charge in [0.1, 0.15) is 0 Å². The Morgan fingerprint density at radius 3 is 2.28 bits per heavy atom. The monoisotopic (exact) mass is 390 g/mol. The van der Waals surface area contributed by atoms with Gasteiger partial charge in [0.2, 0.25) is 11.8 Å². The minimum absolute atomic E-state index is 0. The van der Waals surface area contributed by atoms with Gasteiger partial charge in [-0.1, -0.05) is 18.2 Å². The van der Waals surface area contributed by atoms with Crippen molar-refractivity contribution in [1.29, 1.82) is 0 Å². The molecule has 1 saturated heterocycles. The highest BCUT2D eigenvalue weighted by atomic mass is 35.5. The molecule has 0 unspecified atom stereocenters. The Balaban J connectivity index is 0.00000288. The van der Waals surface area contributed by atoms with Crippen LogP contribution < -0.4 is 15.5 Å². The molecule has 25 heavy (non-hydrogen) atoms. The fraction of sp³-hybridized carbons (Fsp3) is 0.529. The smallest absolute Gasteiger partial charge is 0.242 e. The van der Waals surface area contributed by atoms with Crippen molar-refractivity contribution in [3.8, 4) is 0 Å². The molecule has 0 atom stereocenters. The highest BCUT2D eigenvalue weighted by Gasteiger charge is 2.21. The molecule has 1 heterocycles. The van der Waals surface area contributed by atoms with E-state index in [1.807, 2.05) is 30.1 Å². The summed E-state index contributed by atoms with van der Waals surface area (Å²) in [6.45, 7) is 3.96. The van der Waals surface area contributed by atoms with Gasteiger partial charge in [0.15, 0.2) is 0 Å². The van der Waals surface area contributed by atoms with Gasteiger partial charge in [-0.3, -0.25) is 9.59 Å². The van der Waals surface area contributed by atoms with Crippen LogP contribution in [0, 0.1) is 0 Å². The third-order valence-corrected chi connectivity index (χ3v) is 4.02. The summed E-state index contributed by atoms with van der Waals surface area (Å²) in [4.78, 5) is 27.9. The molecule has 0 radical (unpaired) electrons. The number of halogens is 2. The Kier molecular flexibility index (Phi) is 12.0. The first-order valence-corrected chi connectivity index (χ1v) is 8.20. The number of anilines is 1. The first kappa shape index (κ1) is 23.5. The molecule has 2 N–H and O–H groups in total. The lowest BCUT2D eigenvalue weighted by molar-refractivity contribution is -0.133. The maximum Gasteiger partial charge on any atom is 0.242 e. The zero-order valence-electron chi connectivity index (χ0n) is 14.6. The highest BCUT2D eigenvalue weighted by molar-refractivity contribution is 5.86. The Bertz CT molecular complexity index is 509. The second kappa shape index (κ2) is 12.8. The Labute approximate surface area is 162 Å². The molecule has 0 saturated carbocycles. The van der Waals surface area contributed by atoms with Crippen LogP contribution in [-0.2, 0) is 9.59 Å². The van der Waals surface area contributed by atoms with Crippen LogP contribution in [0.1, 0.15) is 12.8 Å². The van der Waals surface area contributed by atoms with E-state index in [4.69, 9.17) is 0 Å². The molecule has 8 heteroatoms. The summed E-state index contributed by atoms with van der Waals surface area (Å²) in [5.41, 5.74) is 1.19. The number of benzene rings is 1. The van der Waals surface area contributed by atoms with Gasteiger partial charge < -0.3 is 20.4 Å². The first-order chi connectivity index (χ1) is 11.2. The lowest BCUT2D eigenvalue weighted by atomic mass is 10.2. The van der Waals surface area contributed by atoms with Crippen LogP contribution in [0.4, 0.5) is 5.69 Å². The standard InChI is InChI=1S/C17H26N4O2.2ClH/c1-18-9-5-8-16(22)19-14-17(23)21-12-10-20(11-13-21)15-6-3-2-4-7-15;;/h2-4,6-7,18H,5,8-14H2,1H3,(H,19,22);2*1H. The molecule has 0 spiro atoms. The predicted molar refractivity (Wildman–Crippen MR) is 106 cm³/mol. The second-order valence-corrected chi connectivity index (χ2v) is 5.69. The number of rotatable bonds is 7. The Hall–Kier alpha value is -1.50. The van der Waals surface area contributed by atoms with E-state index in [0.29, 0.717) is 19.5 Å². The number of amides is 2. The largest absolute Gasteiger partial charge is 0.368 e. The van der Waals surface area contributed by atoms with Crippen LogP contribution in [0.15, 0.2) is 30.3 Å². The number of hydrogen-bond acceptors (Lipinski definition) is 4. The number of nitrogens with one attached hydrogen (secondary N) is 2. The van der Waals surface area contributed by atoms with Crippen molar-refractivity contribution >= 4 is 42.3 Å². The summed E-state index contributed by atoms with van der Waals surface area (Å²) in [6.07, 6.45) is 1.24. The zero-order chi connectivity index (χ0) is 16.5. The number of nitrogens with zero attached hydrogens (tertiary/aromatic N) is 2. The summed E-state index contributed by atoms with van der Waals surface area (Å²) in [7, 11) is 1.86. The average molecular weight is 391 g/mol. The summed E-state index contributed by atoms with van der Waals surface area (Å²) in [5.74, 6) is -0.0591. The van der Waals surface area contributed by atoms with Crippen LogP contribution in [0.2, 0.25) is 0 Å². The molecule has 0 aliphatic carbocycles. The van der Waals surface area contributed by atoms with E-state index in [9.17, 15) is 9.59 Å². The predicted octanol–water partition coefficient (Wildman–Crippen LogP) is 1.29. The molecule has 2 rings (SSSR count). The van der Waals surface area contributed by atoms with E-state index in [-0.39, 0.29) is 43.2 Å². The van der Waals surface area contributed by atoms with E-state index >= 15 is 0 Å². The van der Waals surface area contributed by atoms with E-state index < -0.39 is 0 Å². The van der Waals surface area contributed by atoms with Crippen LogP contribution in [0.3, 0.4) is 0 Å². The minimum atomic E-state index is -0.0588. The van der Waals surface area contributed by atoms with E-state index in [1.54, 1.807) is 0 Å². The third kappa shape index (κ3) is 7.94. The quantitative estimate of drug-likeness (QED) is 0.688. The maximum absolute atomic E-state index is 12.2. The highest BCUT2D eigenvalue weighted by Crippen LogP contribution is 2.15. The molecule has 0 aromatic heterocycles. The minimum Gasteiger partial charge on any atom is -0.368 e. The zero-order valence-corrected chi connectivity index (χ0v) is 16.2. The van der Waals surface area contributed by atoms with Crippen molar-refractivity contribution in [1.82, 2.24) is 15.5 Å². The van der Waals surface area contributed by atoms with Crippen LogP contribution >= 0.6 is 24.8 Å². The average Bonchev–Trinajstić information content (AvgIpc) is 2.61. The van der Waals surface area contributed by atoms with Crippen molar-refractivity contribution in [2.75, 3.05) is 51.2 Å². The third-order valence-electron chi connectivity index (χ3n) is 4.02. The fourth-order valence-corrected chi connectivity index (χ4v) is 2.65. The van der Waals surface area contributed by atoms with Gasteiger partial charge in [0.05, 0.1) is 6.54 Å². The Morgan fingerprint density at radius 2 is 1.68 bits per heavy atom. The van der Waals surface area contributed by atoms with Crippen molar-refractivity contribution in [2.24, 2.45) is 0 Å². The number of hydrogen-bond donors (Lipinski definition) is 2. The number of piperazine rings is 1. The topological polar surface area (TPSA) is 64.7 Å². The van der Waals surface area contributed by atoms with Gasteiger partial charge in [-0.25, -0.2) is 0 Å². The number of para-hydroxylation sites is 1. The molecular weight excluding hydrogens is 363 g/mol. The van der Waals surface area contributed by atoms with Gasteiger partial charge in [0.25, 0.3) is 0 Å².